The maximum atomic E-state index is 6.08. The van der Waals surface area contributed by atoms with Crippen molar-refractivity contribution in [1.82, 2.24) is 14.9 Å². The average molecular weight is 329 g/mol. The number of hydrogen-bond acceptors (Lipinski definition) is 6. The molecule has 0 aromatic carbocycles. The molecule has 1 saturated heterocycles. The van der Waals surface area contributed by atoms with Crippen molar-refractivity contribution in [3.8, 4) is 6.01 Å². The number of aryl methyl sites for hydroxylation is 1. The van der Waals surface area contributed by atoms with Gasteiger partial charge in [-0.05, 0) is 38.0 Å². The highest BCUT2D eigenvalue weighted by atomic mass is 16.5. The molecule has 1 aliphatic heterocycles. The molecule has 2 aromatic rings. The van der Waals surface area contributed by atoms with Crippen LogP contribution in [0.5, 0.6) is 6.01 Å². The van der Waals surface area contributed by atoms with Crippen LogP contribution in [-0.4, -0.2) is 46.8 Å². The molecule has 0 radical (unpaired) electrons. The van der Waals surface area contributed by atoms with Crippen LogP contribution in [0.1, 0.15) is 24.4 Å². The van der Waals surface area contributed by atoms with Gasteiger partial charge in [-0.2, -0.15) is 0 Å². The zero-order valence-corrected chi connectivity index (χ0v) is 13.9. The van der Waals surface area contributed by atoms with Gasteiger partial charge < -0.3 is 13.9 Å². The van der Waals surface area contributed by atoms with E-state index in [4.69, 9.17) is 13.9 Å². The summed E-state index contributed by atoms with van der Waals surface area (Å²) >= 11 is 0. The van der Waals surface area contributed by atoms with Crippen LogP contribution in [-0.2, 0) is 11.3 Å². The first-order valence-electron chi connectivity index (χ1n) is 8.60. The molecule has 6 heteroatoms. The molecule has 2 aromatic heterocycles. The number of rotatable bonds is 5. The highest BCUT2D eigenvalue weighted by Gasteiger charge is 2.43. The second kappa shape index (κ2) is 6.91. The summed E-state index contributed by atoms with van der Waals surface area (Å²) in [4.78, 5) is 10.7. The van der Waals surface area contributed by atoms with E-state index in [1.54, 1.807) is 18.5 Å². The molecule has 2 aliphatic rings. The zero-order valence-electron chi connectivity index (χ0n) is 13.9. The van der Waals surface area contributed by atoms with Gasteiger partial charge in [0, 0.05) is 30.9 Å². The molecule has 3 atom stereocenters. The Morgan fingerprint density at radius 3 is 2.92 bits per heavy atom. The second-order valence-corrected chi connectivity index (χ2v) is 6.57. The molecule has 0 N–H and O–H groups in total. The smallest absolute Gasteiger partial charge is 0.316 e. The lowest BCUT2D eigenvalue weighted by atomic mass is 10.0. The Hall–Kier alpha value is -1.92. The fourth-order valence-corrected chi connectivity index (χ4v) is 3.82. The summed E-state index contributed by atoms with van der Waals surface area (Å²) in [5.74, 6) is 2.39. The minimum Gasteiger partial charge on any atom is -0.465 e. The average Bonchev–Trinajstić information content (AvgIpc) is 3.21. The summed E-state index contributed by atoms with van der Waals surface area (Å²) in [6, 6.07) is 6.77. The molecule has 4 rings (SSSR count). The molecular weight excluding hydrogens is 306 g/mol. The van der Waals surface area contributed by atoms with Gasteiger partial charge in [-0.15, -0.1) is 0 Å². The Morgan fingerprint density at radius 1 is 1.25 bits per heavy atom. The van der Waals surface area contributed by atoms with Crippen LogP contribution in [0.2, 0.25) is 0 Å². The Labute approximate surface area is 141 Å². The van der Waals surface area contributed by atoms with Gasteiger partial charge in [0.05, 0.1) is 25.9 Å². The molecule has 0 unspecified atom stereocenters. The van der Waals surface area contributed by atoms with Crippen LogP contribution in [0.4, 0.5) is 0 Å². The van der Waals surface area contributed by atoms with Crippen molar-refractivity contribution in [3.05, 3.63) is 42.1 Å². The summed E-state index contributed by atoms with van der Waals surface area (Å²) in [7, 11) is 0. The first kappa shape index (κ1) is 15.6. The molecule has 6 nitrogen and oxygen atoms in total. The van der Waals surface area contributed by atoms with Crippen molar-refractivity contribution < 1.29 is 13.9 Å². The number of furan rings is 1. The third-order valence-corrected chi connectivity index (χ3v) is 4.96. The molecule has 0 spiro atoms. The standard InChI is InChI=1S/C18H23N3O3/c1-13-3-5-15(24-13)11-21-9-10-22-17-14(4-6-16(17)21)12-23-18-19-7-2-8-20-18/h2-3,5,7-8,14,16-17H,4,6,9-12H2,1H3/t14-,16-,17-/m1/s1. The van der Waals surface area contributed by atoms with Gasteiger partial charge in [-0.25, -0.2) is 9.97 Å². The van der Waals surface area contributed by atoms with Crippen molar-refractivity contribution in [2.75, 3.05) is 19.8 Å². The van der Waals surface area contributed by atoms with Gasteiger partial charge in [0.1, 0.15) is 11.5 Å². The fraction of sp³-hybridized carbons (Fsp3) is 0.556. The summed E-state index contributed by atoms with van der Waals surface area (Å²) in [6.45, 7) is 5.17. The summed E-state index contributed by atoms with van der Waals surface area (Å²) in [5, 5.41) is 0. The normalized spacial score (nSPS) is 27.1. The highest BCUT2D eigenvalue weighted by molar-refractivity contribution is 5.07. The molecule has 2 fully saturated rings. The van der Waals surface area contributed by atoms with E-state index in [1.165, 1.54) is 0 Å². The van der Waals surface area contributed by atoms with E-state index in [1.807, 2.05) is 13.0 Å². The number of fused-ring (bicyclic) bond motifs is 1. The minimum absolute atomic E-state index is 0.221. The van der Waals surface area contributed by atoms with E-state index >= 15 is 0 Å². The highest BCUT2D eigenvalue weighted by Crippen LogP contribution is 2.35. The van der Waals surface area contributed by atoms with Crippen molar-refractivity contribution in [3.63, 3.8) is 0 Å². The molecular formula is C18H23N3O3. The van der Waals surface area contributed by atoms with E-state index in [-0.39, 0.29) is 6.10 Å². The van der Waals surface area contributed by atoms with Gasteiger partial charge in [0.2, 0.25) is 0 Å². The predicted molar refractivity (Wildman–Crippen MR) is 87.6 cm³/mol. The van der Waals surface area contributed by atoms with Crippen LogP contribution in [0, 0.1) is 12.8 Å². The molecule has 0 bridgehead atoms. The van der Waals surface area contributed by atoms with Crippen molar-refractivity contribution >= 4 is 0 Å². The molecule has 0 amide bonds. The monoisotopic (exact) mass is 329 g/mol. The van der Waals surface area contributed by atoms with Gasteiger partial charge in [-0.3, -0.25) is 4.90 Å². The molecule has 128 valence electrons. The first-order valence-corrected chi connectivity index (χ1v) is 8.60. The Morgan fingerprint density at radius 2 is 2.12 bits per heavy atom. The van der Waals surface area contributed by atoms with Crippen LogP contribution >= 0.6 is 0 Å². The minimum atomic E-state index is 0.221. The van der Waals surface area contributed by atoms with Crippen molar-refractivity contribution in [2.45, 2.75) is 38.5 Å². The molecule has 1 aliphatic carbocycles. The number of morpholine rings is 1. The number of nitrogens with zero attached hydrogens (tertiary/aromatic N) is 3. The Balaban J connectivity index is 1.37. The largest absolute Gasteiger partial charge is 0.465 e. The van der Waals surface area contributed by atoms with E-state index in [2.05, 4.69) is 20.9 Å². The third-order valence-electron chi connectivity index (χ3n) is 4.96. The third kappa shape index (κ3) is 3.30. The van der Waals surface area contributed by atoms with Gasteiger partial charge >= 0.3 is 6.01 Å². The lowest BCUT2D eigenvalue weighted by molar-refractivity contribution is -0.0834. The number of aromatic nitrogens is 2. The van der Waals surface area contributed by atoms with Gasteiger partial charge in [-0.1, -0.05) is 0 Å². The van der Waals surface area contributed by atoms with Crippen LogP contribution in [0.3, 0.4) is 0 Å². The van der Waals surface area contributed by atoms with Gasteiger partial charge in [0.15, 0.2) is 0 Å². The SMILES string of the molecule is Cc1ccc(CN2CCO[C@@H]3[C@@H](COc4ncccn4)CC[C@H]32)o1. The maximum Gasteiger partial charge on any atom is 0.316 e. The number of ether oxygens (including phenoxy) is 2. The van der Waals surface area contributed by atoms with Gasteiger partial charge in [0.25, 0.3) is 0 Å². The molecule has 1 saturated carbocycles. The fourth-order valence-electron chi connectivity index (χ4n) is 3.82. The van der Waals surface area contributed by atoms with Crippen LogP contribution < -0.4 is 4.74 Å². The molecule has 3 heterocycles. The van der Waals surface area contributed by atoms with Crippen molar-refractivity contribution in [1.29, 1.82) is 0 Å². The quantitative estimate of drug-likeness (QED) is 0.840. The lowest BCUT2D eigenvalue weighted by Gasteiger charge is -2.38. The lowest BCUT2D eigenvalue weighted by Crippen LogP contribution is -2.50. The van der Waals surface area contributed by atoms with Crippen LogP contribution in [0.25, 0.3) is 0 Å². The second-order valence-electron chi connectivity index (χ2n) is 6.57. The maximum absolute atomic E-state index is 6.08. The summed E-state index contributed by atoms with van der Waals surface area (Å²) < 4.78 is 17.6. The Kier molecular flexibility index (Phi) is 4.49. The topological polar surface area (TPSA) is 60.6 Å². The van der Waals surface area contributed by atoms with Crippen LogP contribution in [0.15, 0.2) is 35.0 Å². The van der Waals surface area contributed by atoms with E-state index < -0.39 is 0 Å². The first-order chi connectivity index (χ1) is 11.8. The summed E-state index contributed by atoms with van der Waals surface area (Å²) in [6.07, 6.45) is 5.86. The van der Waals surface area contributed by atoms with E-state index in [0.29, 0.717) is 24.6 Å². The Bertz CT molecular complexity index is 661. The number of hydrogen-bond donors (Lipinski definition) is 0. The van der Waals surface area contributed by atoms with Crippen molar-refractivity contribution in [2.24, 2.45) is 5.92 Å². The van der Waals surface area contributed by atoms with E-state index in [0.717, 1.165) is 44.1 Å². The predicted octanol–water partition coefficient (Wildman–Crippen LogP) is 2.44. The zero-order chi connectivity index (χ0) is 16.4. The molecule has 24 heavy (non-hydrogen) atoms. The van der Waals surface area contributed by atoms with E-state index in [9.17, 15) is 0 Å². The summed E-state index contributed by atoms with van der Waals surface area (Å²) in [5.41, 5.74) is 0.